The van der Waals surface area contributed by atoms with E-state index in [-0.39, 0.29) is 5.91 Å². The number of anilines is 1. The van der Waals surface area contributed by atoms with E-state index in [1.165, 1.54) is 0 Å². The summed E-state index contributed by atoms with van der Waals surface area (Å²) in [6.45, 7) is 4.42. The van der Waals surface area contributed by atoms with Gasteiger partial charge in [0.25, 0.3) is 5.91 Å². The Kier molecular flexibility index (Phi) is 4.95. The second-order valence-corrected chi connectivity index (χ2v) is 8.82. The highest BCUT2D eigenvalue weighted by Gasteiger charge is 2.27. The van der Waals surface area contributed by atoms with Crippen LogP contribution in [0, 0.1) is 6.92 Å². The number of hydrogen-bond acceptors (Lipinski definition) is 6. The molecular weight excluding hydrogens is 452 g/mol. The summed E-state index contributed by atoms with van der Waals surface area (Å²) >= 11 is 6.26. The van der Waals surface area contributed by atoms with Gasteiger partial charge >= 0.3 is 0 Å². The highest BCUT2D eigenvalue weighted by Crippen LogP contribution is 2.30. The number of benzene rings is 2. The van der Waals surface area contributed by atoms with E-state index in [0.29, 0.717) is 59.9 Å². The van der Waals surface area contributed by atoms with Crippen molar-refractivity contribution in [2.45, 2.75) is 6.92 Å². The smallest absolute Gasteiger partial charge is 0.253 e. The molecule has 0 spiro atoms. The topological polar surface area (TPSA) is 79.8 Å². The number of rotatable bonds is 3. The van der Waals surface area contributed by atoms with Gasteiger partial charge in [-0.15, -0.1) is 10.2 Å². The Morgan fingerprint density at radius 1 is 1.00 bits per heavy atom. The second kappa shape index (κ2) is 8.14. The summed E-state index contributed by atoms with van der Waals surface area (Å²) in [4.78, 5) is 22.0. The fraction of sp³-hybridized carbons (Fsp3) is 0.200. The lowest BCUT2D eigenvalue weighted by molar-refractivity contribution is 0.0746. The minimum Gasteiger partial charge on any atom is -0.461 e. The molecule has 9 heteroatoms. The maximum Gasteiger partial charge on any atom is 0.253 e. The Bertz CT molecular complexity index is 1520. The molecular formula is C25H21ClN6O2. The SMILES string of the molecule is Cc1cccc(C(=O)N2CCN(c3nc4cc(Cl)ccc4c4nnc(-c5ccco5)n34)CC2)c1. The number of aryl methyl sites for hydroxylation is 1. The predicted molar refractivity (Wildman–Crippen MR) is 130 cm³/mol. The quantitative estimate of drug-likeness (QED) is 0.385. The summed E-state index contributed by atoms with van der Waals surface area (Å²) in [6.07, 6.45) is 1.61. The first-order valence-electron chi connectivity index (χ1n) is 11.1. The van der Waals surface area contributed by atoms with Crippen LogP contribution in [0.1, 0.15) is 15.9 Å². The minimum atomic E-state index is 0.0484. The third-order valence-corrected chi connectivity index (χ3v) is 6.38. The number of nitrogens with zero attached hydrogens (tertiary/aromatic N) is 6. The molecule has 170 valence electrons. The van der Waals surface area contributed by atoms with Gasteiger partial charge in [0.15, 0.2) is 11.4 Å². The highest BCUT2D eigenvalue weighted by molar-refractivity contribution is 6.31. The van der Waals surface area contributed by atoms with E-state index in [1.54, 1.807) is 6.26 Å². The van der Waals surface area contributed by atoms with E-state index in [0.717, 1.165) is 16.5 Å². The first-order chi connectivity index (χ1) is 16.6. The highest BCUT2D eigenvalue weighted by atomic mass is 35.5. The molecule has 1 fully saturated rings. The van der Waals surface area contributed by atoms with Gasteiger partial charge in [-0.25, -0.2) is 9.38 Å². The van der Waals surface area contributed by atoms with Crippen molar-refractivity contribution in [2.75, 3.05) is 31.1 Å². The number of furan rings is 1. The summed E-state index contributed by atoms with van der Waals surface area (Å²) < 4.78 is 7.55. The number of hydrogen-bond donors (Lipinski definition) is 0. The fourth-order valence-corrected chi connectivity index (χ4v) is 4.61. The number of aromatic nitrogens is 4. The number of carbonyl (C=O) groups excluding carboxylic acids is 1. The van der Waals surface area contributed by atoms with Crippen LogP contribution in [0.3, 0.4) is 0 Å². The third kappa shape index (κ3) is 3.47. The van der Waals surface area contributed by atoms with Crippen molar-refractivity contribution in [3.05, 3.63) is 77.0 Å². The zero-order valence-electron chi connectivity index (χ0n) is 18.5. The van der Waals surface area contributed by atoms with Crippen LogP contribution >= 0.6 is 11.6 Å². The summed E-state index contributed by atoms with van der Waals surface area (Å²) in [6, 6.07) is 16.9. The molecule has 1 aliphatic rings. The van der Waals surface area contributed by atoms with Crippen LogP contribution in [-0.2, 0) is 0 Å². The van der Waals surface area contributed by atoms with E-state index in [2.05, 4.69) is 15.1 Å². The van der Waals surface area contributed by atoms with Gasteiger partial charge in [0, 0.05) is 42.2 Å². The lowest BCUT2D eigenvalue weighted by Crippen LogP contribution is -2.49. The molecule has 3 aromatic heterocycles. The average Bonchev–Trinajstić information content (AvgIpc) is 3.53. The summed E-state index contributed by atoms with van der Waals surface area (Å²) in [5.41, 5.74) is 3.21. The largest absolute Gasteiger partial charge is 0.461 e. The molecule has 2 aromatic carbocycles. The lowest BCUT2D eigenvalue weighted by atomic mass is 10.1. The van der Waals surface area contributed by atoms with Gasteiger partial charge in [0.05, 0.1) is 11.8 Å². The molecule has 8 nitrogen and oxygen atoms in total. The molecule has 34 heavy (non-hydrogen) atoms. The number of halogens is 1. The molecule has 4 heterocycles. The Balaban J connectivity index is 1.38. The first-order valence-corrected chi connectivity index (χ1v) is 11.5. The normalized spacial score (nSPS) is 14.3. The monoisotopic (exact) mass is 472 g/mol. The zero-order chi connectivity index (χ0) is 23.2. The van der Waals surface area contributed by atoms with Crippen molar-refractivity contribution < 1.29 is 9.21 Å². The van der Waals surface area contributed by atoms with Crippen LogP contribution in [0.5, 0.6) is 0 Å². The zero-order valence-corrected chi connectivity index (χ0v) is 19.2. The van der Waals surface area contributed by atoms with Crippen molar-refractivity contribution in [1.29, 1.82) is 0 Å². The van der Waals surface area contributed by atoms with Crippen LogP contribution in [0.25, 0.3) is 28.1 Å². The summed E-state index contributed by atoms with van der Waals surface area (Å²) in [7, 11) is 0. The Morgan fingerprint density at radius 3 is 2.62 bits per heavy atom. The Hall–Kier alpha value is -3.91. The van der Waals surface area contributed by atoms with E-state index in [1.807, 2.05) is 70.8 Å². The van der Waals surface area contributed by atoms with E-state index < -0.39 is 0 Å². The van der Waals surface area contributed by atoms with E-state index >= 15 is 0 Å². The molecule has 1 aliphatic heterocycles. The van der Waals surface area contributed by atoms with Gasteiger partial charge in [-0.3, -0.25) is 4.79 Å². The first kappa shape index (κ1) is 20.7. The number of amides is 1. The van der Waals surface area contributed by atoms with Gasteiger partial charge in [-0.05, 0) is 49.4 Å². The van der Waals surface area contributed by atoms with Crippen molar-refractivity contribution in [3.8, 4) is 11.6 Å². The minimum absolute atomic E-state index is 0.0484. The molecule has 1 saturated heterocycles. The van der Waals surface area contributed by atoms with Crippen molar-refractivity contribution in [2.24, 2.45) is 0 Å². The number of piperazine rings is 1. The molecule has 6 rings (SSSR count). The number of carbonyl (C=O) groups is 1. The molecule has 5 aromatic rings. The van der Waals surface area contributed by atoms with Gasteiger partial charge in [0.1, 0.15) is 0 Å². The molecule has 0 N–H and O–H groups in total. The molecule has 1 amide bonds. The number of fused-ring (bicyclic) bond motifs is 3. The molecule has 0 unspecified atom stereocenters. The molecule has 0 bridgehead atoms. The summed E-state index contributed by atoms with van der Waals surface area (Å²) in [5.74, 6) is 1.94. The third-order valence-electron chi connectivity index (χ3n) is 6.14. The second-order valence-electron chi connectivity index (χ2n) is 8.38. The lowest BCUT2D eigenvalue weighted by Gasteiger charge is -2.35. The Labute approximate surface area is 200 Å². The van der Waals surface area contributed by atoms with Crippen LogP contribution in [0.2, 0.25) is 5.02 Å². The maximum atomic E-state index is 13.0. The molecule has 0 saturated carbocycles. The maximum absolute atomic E-state index is 13.0. The van der Waals surface area contributed by atoms with Crippen LogP contribution in [0.15, 0.2) is 65.3 Å². The van der Waals surface area contributed by atoms with Gasteiger partial charge in [0.2, 0.25) is 11.8 Å². The van der Waals surface area contributed by atoms with E-state index in [9.17, 15) is 4.79 Å². The van der Waals surface area contributed by atoms with Crippen molar-refractivity contribution >= 4 is 40.0 Å². The fourth-order valence-electron chi connectivity index (χ4n) is 4.44. The summed E-state index contributed by atoms with van der Waals surface area (Å²) in [5, 5.41) is 10.3. The van der Waals surface area contributed by atoms with Gasteiger partial charge < -0.3 is 14.2 Å². The Morgan fingerprint density at radius 2 is 1.85 bits per heavy atom. The van der Waals surface area contributed by atoms with E-state index in [4.69, 9.17) is 21.0 Å². The van der Waals surface area contributed by atoms with Gasteiger partial charge in [-0.2, -0.15) is 0 Å². The van der Waals surface area contributed by atoms with Crippen LogP contribution < -0.4 is 4.90 Å². The van der Waals surface area contributed by atoms with Crippen molar-refractivity contribution in [1.82, 2.24) is 24.5 Å². The average molecular weight is 473 g/mol. The van der Waals surface area contributed by atoms with Gasteiger partial charge in [-0.1, -0.05) is 29.3 Å². The van der Waals surface area contributed by atoms with Crippen molar-refractivity contribution in [3.63, 3.8) is 0 Å². The predicted octanol–water partition coefficient (Wildman–Crippen LogP) is 4.46. The standard InChI is InChI=1S/C25H21ClN6O2/c1-16-4-2-5-17(14-16)24(33)30-9-11-31(12-10-30)25-27-20-15-18(26)7-8-19(20)22-28-29-23(32(22)25)21-6-3-13-34-21/h2-8,13-15H,9-12H2,1H3. The van der Waals surface area contributed by atoms with Crippen LogP contribution in [-0.4, -0.2) is 56.6 Å². The molecule has 0 radical (unpaired) electrons. The molecule has 0 atom stereocenters. The molecule has 0 aliphatic carbocycles. The van der Waals surface area contributed by atoms with Crippen LogP contribution in [0.4, 0.5) is 5.95 Å².